The minimum absolute atomic E-state index is 0.357. The molecule has 0 fully saturated rings. The molecular formula is C12H11N5O2. The van der Waals surface area contributed by atoms with Crippen molar-refractivity contribution in [1.82, 2.24) is 25.2 Å². The highest BCUT2D eigenvalue weighted by atomic mass is 16.5. The zero-order valence-electron chi connectivity index (χ0n) is 10.2. The normalized spacial score (nSPS) is 10.6. The SMILES string of the molecule is COc1ccc(-c2nnc(Cn3nccn3)o2)cc1. The fourth-order valence-corrected chi connectivity index (χ4v) is 1.61. The van der Waals surface area contributed by atoms with E-state index in [-0.39, 0.29) is 0 Å². The molecule has 3 rings (SSSR count). The van der Waals surface area contributed by atoms with Gasteiger partial charge in [0.25, 0.3) is 0 Å². The summed E-state index contributed by atoms with van der Waals surface area (Å²) in [5, 5.41) is 15.9. The summed E-state index contributed by atoms with van der Waals surface area (Å²) in [6.45, 7) is 0.357. The molecule has 7 nitrogen and oxygen atoms in total. The molecule has 2 heterocycles. The summed E-state index contributed by atoms with van der Waals surface area (Å²) in [5.41, 5.74) is 0.841. The van der Waals surface area contributed by atoms with Crippen LogP contribution in [-0.4, -0.2) is 32.3 Å². The fraction of sp³-hybridized carbons (Fsp3) is 0.167. The standard InChI is InChI=1S/C12H11N5O2/c1-18-10-4-2-9(3-5-10)12-16-15-11(19-12)8-17-13-6-7-14-17/h2-7H,8H2,1H3. The second-order valence-corrected chi connectivity index (χ2v) is 3.79. The number of rotatable bonds is 4. The molecule has 0 aliphatic heterocycles. The van der Waals surface area contributed by atoms with E-state index in [2.05, 4.69) is 20.4 Å². The Morgan fingerprint density at radius 2 is 1.84 bits per heavy atom. The number of aromatic nitrogens is 5. The van der Waals surface area contributed by atoms with E-state index >= 15 is 0 Å². The van der Waals surface area contributed by atoms with Crippen LogP contribution in [0.1, 0.15) is 5.89 Å². The highest BCUT2D eigenvalue weighted by Crippen LogP contribution is 2.21. The lowest BCUT2D eigenvalue weighted by Gasteiger charge is -1.99. The van der Waals surface area contributed by atoms with Crippen molar-refractivity contribution < 1.29 is 9.15 Å². The van der Waals surface area contributed by atoms with Gasteiger partial charge < -0.3 is 9.15 Å². The van der Waals surface area contributed by atoms with Gasteiger partial charge in [0.2, 0.25) is 11.8 Å². The average Bonchev–Trinajstić information content (AvgIpc) is 3.11. The maximum absolute atomic E-state index is 5.55. The molecule has 0 saturated carbocycles. The number of benzene rings is 1. The van der Waals surface area contributed by atoms with Gasteiger partial charge in [0.05, 0.1) is 19.5 Å². The summed E-state index contributed by atoms with van der Waals surface area (Å²) in [6, 6.07) is 7.41. The van der Waals surface area contributed by atoms with E-state index in [0.29, 0.717) is 18.3 Å². The van der Waals surface area contributed by atoms with Gasteiger partial charge in [-0.25, -0.2) is 0 Å². The molecule has 7 heteroatoms. The zero-order chi connectivity index (χ0) is 13.1. The summed E-state index contributed by atoms with van der Waals surface area (Å²) in [7, 11) is 1.62. The monoisotopic (exact) mass is 257 g/mol. The van der Waals surface area contributed by atoms with Gasteiger partial charge in [-0.2, -0.15) is 15.0 Å². The number of nitrogens with zero attached hydrogens (tertiary/aromatic N) is 5. The van der Waals surface area contributed by atoms with Gasteiger partial charge in [-0.15, -0.1) is 10.2 Å². The van der Waals surface area contributed by atoms with E-state index in [1.54, 1.807) is 19.5 Å². The highest BCUT2D eigenvalue weighted by molar-refractivity contribution is 5.53. The van der Waals surface area contributed by atoms with Crippen LogP contribution in [0.4, 0.5) is 0 Å². The molecule has 1 aromatic carbocycles. The second kappa shape index (κ2) is 4.89. The van der Waals surface area contributed by atoms with E-state index in [0.717, 1.165) is 11.3 Å². The third kappa shape index (κ3) is 2.44. The quantitative estimate of drug-likeness (QED) is 0.702. The van der Waals surface area contributed by atoms with Crippen molar-refractivity contribution in [1.29, 1.82) is 0 Å². The lowest BCUT2D eigenvalue weighted by Crippen LogP contribution is -2.03. The molecule has 0 amide bonds. The molecule has 0 unspecified atom stereocenters. The summed E-state index contributed by atoms with van der Waals surface area (Å²) in [5.74, 6) is 1.70. The van der Waals surface area contributed by atoms with Crippen molar-refractivity contribution in [2.24, 2.45) is 0 Å². The number of hydrogen-bond acceptors (Lipinski definition) is 6. The third-order valence-corrected chi connectivity index (χ3v) is 2.55. The maximum atomic E-state index is 5.55. The smallest absolute Gasteiger partial charge is 0.247 e. The highest BCUT2D eigenvalue weighted by Gasteiger charge is 2.09. The van der Waals surface area contributed by atoms with Crippen molar-refractivity contribution in [3.63, 3.8) is 0 Å². The van der Waals surface area contributed by atoms with Crippen molar-refractivity contribution in [3.8, 4) is 17.2 Å². The molecule has 0 bridgehead atoms. The molecule has 96 valence electrons. The van der Waals surface area contributed by atoms with Crippen molar-refractivity contribution in [2.75, 3.05) is 7.11 Å². The van der Waals surface area contributed by atoms with Crippen molar-refractivity contribution >= 4 is 0 Å². The second-order valence-electron chi connectivity index (χ2n) is 3.79. The van der Waals surface area contributed by atoms with Crippen LogP contribution in [0.2, 0.25) is 0 Å². The first kappa shape index (κ1) is 11.4. The lowest BCUT2D eigenvalue weighted by molar-refractivity contribution is 0.414. The van der Waals surface area contributed by atoms with Gasteiger partial charge in [0.1, 0.15) is 12.3 Å². The molecule has 0 saturated heterocycles. The molecule has 19 heavy (non-hydrogen) atoms. The van der Waals surface area contributed by atoms with Crippen molar-refractivity contribution in [3.05, 3.63) is 42.5 Å². The third-order valence-electron chi connectivity index (χ3n) is 2.55. The Labute approximate surface area is 108 Å². The van der Waals surface area contributed by atoms with E-state index in [1.165, 1.54) is 4.80 Å². The Balaban J connectivity index is 1.80. The molecular weight excluding hydrogens is 246 g/mol. The Morgan fingerprint density at radius 1 is 1.11 bits per heavy atom. The van der Waals surface area contributed by atoms with Crippen LogP contribution in [0.3, 0.4) is 0 Å². The van der Waals surface area contributed by atoms with E-state index in [4.69, 9.17) is 9.15 Å². The largest absolute Gasteiger partial charge is 0.497 e. The molecule has 3 aromatic rings. The zero-order valence-corrected chi connectivity index (χ0v) is 10.2. The van der Waals surface area contributed by atoms with Crippen LogP contribution in [0.25, 0.3) is 11.5 Å². The van der Waals surface area contributed by atoms with Gasteiger partial charge >= 0.3 is 0 Å². The Morgan fingerprint density at radius 3 is 2.53 bits per heavy atom. The molecule has 0 aliphatic rings. The van der Waals surface area contributed by atoms with Gasteiger partial charge in [-0.05, 0) is 24.3 Å². The average molecular weight is 257 g/mol. The van der Waals surface area contributed by atoms with Gasteiger partial charge in [-0.3, -0.25) is 0 Å². The molecule has 2 aromatic heterocycles. The summed E-state index contributed by atoms with van der Waals surface area (Å²) < 4.78 is 10.6. The van der Waals surface area contributed by atoms with Gasteiger partial charge in [0, 0.05) is 5.56 Å². The Bertz CT molecular complexity index is 645. The van der Waals surface area contributed by atoms with Crippen LogP contribution in [0, 0.1) is 0 Å². The van der Waals surface area contributed by atoms with Gasteiger partial charge in [-0.1, -0.05) is 0 Å². The number of ether oxygens (including phenoxy) is 1. The maximum Gasteiger partial charge on any atom is 0.247 e. The van der Waals surface area contributed by atoms with E-state index in [1.807, 2.05) is 24.3 Å². The summed E-state index contributed by atoms with van der Waals surface area (Å²) in [6.07, 6.45) is 3.20. The van der Waals surface area contributed by atoms with Crippen LogP contribution < -0.4 is 4.74 Å². The fourth-order valence-electron chi connectivity index (χ4n) is 1.61. The lowest BCUT2D eigenvalue weighted by atomic mass is 10.2. The molecule has 0 radical (unpaired) electrons. The van der Waals surface area contributed by atoms with Crippen LogP contribution in [0.15, 0.2) is 41.1 Å². The molecule has 0 aliphatic carbocycles. The molecule has 0 spiro atoms. The van der Waals surface area contributed by atoms with Gasteiger partial charge in [0.15, 0.2) is 0 Å². The predicted molar refractivity (Wildman–Crippen MR) is 65.4 cm³/mol. The topological polar surface area (TPSA) is 78.9 Å². The molecule has 0 atom stereocenters. The minimum atomic E-state index is 0.357. The molecule has 0 N–H and O–H groups in total. The summed E-state index contributed by atoms with van der Waals surface area (Å²) >= 11 is 0. The predicted octanol–water partition coefficient (Wildman–Crippen LogP) is 1.38. The Hall–Kier alpha value is -2.70. The first-order chi connectivity index (χ1) is 9.35. The first-order valence-corrected chi connectivity index (χ1v) is 5.66. The first-order valence-electron chi connectivity index (χ1n) is 5.66. The van der Waals surface area contributed by atoms with E-state index < -0.39 is 0 Å². The summed E-state index contributed by atoms with van der Waals surface area (Å²) in [4.78, 5) is 1.48. The number of hydrogen-bond donors (Lipinski definition) is 0. The minimum Gasteiger partial charge on any atom is -0.497 e. The van der Waals surface area contributed by atoms with Crippen LogP contribution in [-0.2, 0) is 6.54 Å². The number of methoxy groups -OCH3 is 1. The van der Waals surface area contributed by atoms with Crippen molar-refractivity contribution in [2.45, 2.75) is 6.54 Å². The Kier molecular flexibility index (Phi) is 2.93. The van der Waals surface area contributed by atoms with E-state index in [9.17, 15) is 0 Å². The van der Waals surface area contributed by atoms with Crippen LogP contribution in [0.5, 0.6) is 5.75 Å². The van der Waals surface area contributed by atoms with Crippen LogP contribution >= 0.6 is 0 Å².